The Morgan fingerprint density at radius 2 is 2.50 bits per heavy atom. The van der Waals surface area contributed by atoms with Gasteiger partial charge in [0.1, 0.15) is 0 Å². The van der Waals surface area contributed by atoms with Gasteiger partial charge in [-0.05, 0) is 6.42 Å². The van der Waals surface area contributed by atoms with Crippen molar-refractivity contribution in [2.75, 3.05) is 5.75 Å². The largest absolute Gasteiger partial charge is 0.0880 e. The van der Waals surface area contributed by atoms with E-state index in [0.717, 1.165) is 6.42 Å². The van der Waals surface area contributed by atoms with E-state index < -0.39 is 0 Å². The van der Waals surface area contributed by atoms with Crippen molar-refractivity contribution in [2.45, 2.75) is 6.42 Å². The van der Waals surface area contributed by atoms with Gasteiger partial charge in [0.2, 0.25) is 0 Å². The summed E-state index contributed by atoms with van der Waals surface area (Å²) in [5.74, 6) is 1.23. The highest BCUT2D eigenvalue weighted by Crippen LogP contribution is 2.32. The van der Waals surface area contributed by atoms with E-state index >= 15 is 0 Å². The highest BCUT2D eigenvalue weighted by atomic mass is 33.1. The Hall–Kier alpha value is 0.790. The molecule has 0 aromatic rings. The number of hydrogen-bond donors (Lipinski definition) is 0. The van der Waals surface area contributed by atoms with Crippen LogP contribution < -0.4 is 0 Å². The average molecular weight is 136 g/mol. The van der Waals surface area contributed by atoms with Crippen LogP contribution >= 0.6 is 33.8 Å². The first kappa shape index (κ1) is 4.94. The second-order valence-electron chi connectivity index (χ2n) is 1.03. The summed E-state index contributed by atoms with van der Waals surface area (Å²) in [5, 5.41) is 0. The molecule has 0 radical (unpaired) electrons. The summed E-state index contributed by atoms with van der Waals surface area (Å²) in [6.45, 7) is 0. The monoisotopic (exact) mass is 136 g/mol. The van der Waals surface area contributed by atoms with Crippen LogP contribution in [0.25, 0.3) is 0 Å². The van der Waals surface area contributed by atoms with Gasteiger partial charge >= 0.3 is 0 Å². The minimum Gasteiger partial charge on any atom is -0.0880 e. The lowest BCUT2D eigenvalue weighted by Crippen LogP contribution is -1.73. The van der Waals surface area contributed by atoms with Crippen molar-refractivity contribution in [3.63, 3.8) is 0 Å². The summed E-state index contributed by atoms with van der Waals surface area (Å²) in [5.41, 5.74) is 0. The average Bonchev–Trinajstić information content (AvgIpc) is 1.86. The van der Waals surface area contributed by atoms with Gasteiger partial charge in [-0.25, -0.2) is 0 Å². The molecular formula is C3H4S3. The maximum Gasteiger partial charge on any atom is 0.0595 e. The number of rotatable bonds is 0. The van der Waals surface area contributed by atoms with E-state index in [1.807, 2.05) is 10.8 Å². The van der Waals surface area contributed by atoms with Crippen LogP contribution in [0, 0.1) is 0 Å². The van der Waals surface area contributed by atoms with E-state index in [9.17, 15) is 0 Å². The highest BCUT2D eigenvalue weighted by molar-refractivity contribution is 8.84. The van der Waals surface area contributed by atoms with Gasteiger partial charge in [0.25, 0.3) is 0 Å². The zero-order chi connectivity index (χ0) is 4.41. The Morgan fingerprint density at radius 3 is 2.67 bits per heavy atom. The molecule has 0 N–H and O–H groups in total. The van der Waals surface area contributed by atoms with Crippen LogP contribution in [0.3, 0.4) is 0 Å². The van der Waals surface area contributed by atoms with Gasteiger partial charge < -0.3 is 0 Å². The van der Waals surface area contributed by atoms with Crippen LogP contribution in [0.2, 0.25) is 0 Å². The van der Waals surface area contributed by atoms with Gasteiger partial charge in [0.15, 0.2) is 0 Å². The highest BCUT2D eigenvalue weighted by Gasteiger charge is 2.05. The SMILES string of the molecule is S=C1CCSS1. The fourth-order valence-electron chi connectivity index (χ4n) is 0.274. The summed E-state index contributed by atoms with van der Waals surface area (Å²) in [7, 11) is 3.60. The maximum atomic E-state index is 4.86. The van der Waals surface area contributed by atoms with Gasteiger partial charge in [0, 0.05) is 5.75 Å². The van der Waals surface area contributed by atoms with Crippen LogP contribution in [-0.2, 0) is 0 Å². The van der Waals surface area contributed by atoms with Crippen LogP contribution in [0.5, 0.6) is 0 Å². The second-order valence-corrected chi connectivity index (χ2v) is 4.29. The third-order valence-electron chi connectivity index (χ3n) is 0.541. The lowest BCUT2D eigenvalue weighted by molar-refractivity contribution is 1.39. The molecule has 6 heavy (non-hydrogen) atoms. The van der Waals surface area contributed by atoms with Crippen LogP contribution in [-0.4, -0.2) is 9.95 Å². The van der Waals surface area contributed by atoms with E-state index in [4.69, 9.17) is 12.2 Å². The molecule has 0 bridgehead atoms. The summed E-state index contributed by atoms with van der Waals surface area (Å²) in [6.07, 6.45) is 1.14. The molecule has 0 aliphatic carbocycles. The Kier molecular flexibility index (Phi) is 1.80. The molecule has 1 aliphatic rings. The van der Waals surface area contributed by atoms with Gasteiger partial charge in [-0.1, -0.05) is 33.8 Å². The molecule has 0 atom stereocenters. The van der Waals surface area contributed by atoms with Crippen LogP contribution in [0.1, 0.15) is 6.42 Å². The third kappa shape index (κ3) is 1.13. The predicted octanol–water partition coefficient (Wildman–Crippen LogP) is 2.10. The molecule has 0 saturated carbocycles. The zero-order valence-electron chi connectivity index (χ0n) is 3.14. The topological polar surface area (TPSA) is 0 Å². The number of hydrogen-bond acceptors (Lipinski definition) is 3. The quantitative estimate of drug-likeness (QED) is 0.370. The standard InChI is InChI=1S/C3H4S3/c4-3-1-2-5-6-3/h1-2H2. The van der Waals surface area contributed by atoms with E-state index in [2.05, 4.69) is 0 Å². The van der Waals surface area contributed by atoms with Crippen molar-refractivity contribution in [3.05, 3.63) is 0 Å². The molecule has 0 aromatic carbocycles. The lowest BCUT2D eigenvalue weighted by atomic mass is 10.6. The summed E-state index contributed by atoms with van der Waals surface area (Å²) in [4.78, 5) is 0. The molecule has 1 saturated heterocycles. The Morgan fingerprint density at radius 1 is 1.67 bits per heavy atom. The molecule has 1 fully saturated rings. The first-order valence-electron chi connectivity index (χ1n) is 1.72. The van der Waals surface area contributed by atoms with Crippen LogP contribution in [0.15, 0.2) is 0 Å². The minimum absolute atomic E-state index is 1.14. The molecule has 3 heteroatoms. The summed E-state index contributed by atoms with van der Waals surface area (Å²) < 4.78 is 1.17. The molecule has 34 valence electrons. The smallest absolute Gasteiger partial charge is 0.0595 e. The Bertz CT molecular complexity index is 60.4. The minimum atomic E-state index is 1.14. The van der Waals surface area contributed by atoms with Crippen molar-refractivity contribution in [1.29, 1.82) is 0 Å². The maximum absolute atomic E-state index is 4.86. The van der Waals surface area contributed by atoms with Crippen molar-refractivity contribution in [2.24, 2.45) is 0 Å². The predicted molar refractivity (Wildman–Crippen MR) is 37.3 cm³/mol. The molecule has 1 heterocycles. The molecule has 1 aliphatic heterocycles. The van der Waals surface area contributed by atoms with Crippen molar-refractivity contribution in [3.8, 4) is 0 Å². The number of thiocarbonyl (C=S) groups is 1. The molecule has 0 spiro atoms. The fraction of sp³-hybridized carbons (Fsp3) is 0.667. The third-order valence-corrected chi connectivity index (χ3v) is 3.65. The van der Waals surface area contributed by atoms with E-state index in [1.54, 1.807) is 10.8 Å². The van der Waals surface area contributed by atoms with E-state index in [0.29, 0.717) is 0 Å². The Balaban J connectivity index is 2.37. The van der Waals surface area contributed by atoms with Gasteiger partial charge in [0.05, 0.1) is 4.20 Å². The molecular weight excluding hydrogens is 132 g/mol. The Labute approximate surface area is 50.5 Å². The van der Waals surface area contributed by atoms with E-state index in [1.165, 1.54) is 9.95 Å². The molecule has 0 amide bonds. The van der Waals surface area contributed by atoms with Gasteiger partial charge in [-0.3, -0.25) is 0 Å². The first-order valence-corrected chi connectivity index (χ1v) is 4.44. The van der Waals surface area contributed by atoms with Crippen LogP contribution in [0.4, 0.5) is 0 Å². The molecule has 0 aromatic heterocycles. The van der Waals surface area contributed by atoms with Crippen molar-refractivity contribution in [1.82, 2.24) is 0 Å². The fourth-order valence-corrected chi connectivity index (χ4v) is 2.90. The normalized spacial score (nSPS) is 22.3. The second kappa shape index (κ2) is 2.19. The molecule has 1 rings (SSSR count). The lowest BCUT2D eigenvalue weighted by Gasteiger charge is -1.74. The zero-order valence-corrected chi connectivity index (χ0v) is 5.59. The first-order chi connectivity index (χ1) is 2.89. The molecule has 0 nitrogen and oxygen atoms in total. The van der Waals surface area contributed by atoms with E-state index in [-0.39, 0.29) is 0 Å². The van der Waals surface area contributed by atoms with Gasteiger partial charge in [-0.15, -0.1) is 0 Å². The van der Waals surface area contributed by atoms with Gasteiger partial charge in [-0.2, -0.15) is 0 Å². The summed E-state index contributed by atoms with van der Waals surface area (Å²) >= 11 is 4.86. The summed E-state index contributed by atoms with van der Waals surface area (Å²) in [6, 6.07) is 0. The molecule has 0 unspecified atom stereocenters. The van der Waals surface area contributed by atoms with Crippen molar-refractivity contribution >= 4 is 38.0 Å². The van der Waals surface area contributed by atoms with Crippen molar-refractivity contribution < 1.29 is 0 Å².